The number of ether oxygens (including phenoxy) is 2. The summed E-state index contributed by atoms with van der Waals surface area (Å²) in [5, 5.41) is 2.15. The lowest BCUT2D eigenvalue weighted by atomic mass is 9.77. The summed E-state index contributed by atoms with van der Waals surface area (Å²) in [4.78, 5) is 32.4. The highest BCUT2D eigenvalue weighted by atomic mass is 16.7. The van der Waals surface area contributed by atoms with Crippen molar-refractivity contribution >= 4 is 11.9 Å². The molecule has 1 aliphatic carbocycles. The van der Waals surface area contributed by atoms with Crippen molar-refractivity contribution < 1.29 is 23.9 Å². The normalized spacial score (nSPS) is 25.5. The summed E-state index contributed by atoms with van der Waals surface area (Å²) in [5.74, 6) is -1.22. The molecule has 1 saturated carbocycles. The van der Waals surface area contributed by atoms with E-state index in [1.807, 2.05) is 26.0 Å². The summed E-state index contributed by atoms with van der Waals surface area (Å²) in [5.41, 5.74) is -1.99. The van der Waals surface area contributed by atoms with Crippen LogP contribution in [0.4, 0.5) is 0 Å². The second-order valence-corrected chi connectivity index (χ2v) is 10.7. The minimum absolute atomic E-state index is 0.0696. The molecule has 1 saturated heterocycles. The van der Waals surface area contributed by atoms with E-state index in [1.54, 1.807) is 13.8 Å². The molecule has 178 valence electrons. The monoisotopic (exact) mass is 437 g/mol. The van der Waals surface area contributed by atoms with E-state index in [-0.39, 0.29) is 30.2 Å². The van der Waals surface area contributed by atoms with Crippen molar-refractivity contribution in [3.05, 3.63) is 12.2 Å². The van der Waals surface area contributed by atoms with Crippen molar-refractivity contribution in [1.82, 2.24) is 5.06 Å². The number of nitrogens with zero attached hydrogens (tertiary/aromatic N) is 1. The zero-order chi connectivity index (χ0) is 23.5. The van der Waals surface area contributed by atoms with E-state index in [4.69, 9.17) is 14.3 Å². The number of hydroxylamine groups is 2. The molecule has 1 atom stereocenters. The van der Waals surface area contributed by atoms with Gasteiger partial charge in [-0.3, -0.25) is 14.4 Å². The van der Waals surface area contributed by atoms with Gasteiger partial charge < -0.3 is 9.47 Å². The number of hydrogen-bond donors (Lipinski definition) is 0. The number of carbonyl (C=O) groups is 2. The molecule has 0 aromatic carbocycles. The maximum absolute atomic E-state index is 12.9. The van der Waals surface area contributed by atoms with Crippen molar-refractivity contribution in [3.8, 4) is 0 Å². The minimum atomic E-state index is -1.26. The standard InChI is InChI=1S/C25H43NO5/c1-9-29-20(27)25(21(28)30-10-2)17-11-13-19(25)14-18-24(7,8)31-26-22(3,4)15-12-16-23(26,5)6/h14,18-19H,9-13,15-17H2,1-8H3/b18-14+/t19-/m1/s1. The quantitative estimate of drug-likeness (QED) is 0.295. The fourth-order valence-corrected chi connectivity index (χ4v) is 5.24. The molecule has 0 N–H and O–H groups in total. The Labute approximate surface area is 188 Å². The maximum atomic E-state index is 12.9. The molecule has 2 aliphatic rings. The smallest absolute Gasteiger partial charge is 0.324 e. The summed E-state index contributed by atoms with van der Waals surface area (Å²) in [6.45, 7) is 16.9. The molecule has 0 spiro atoms. The van der Waals surface area contributed by atoms with Crippen molar-refractivity contribution in [2.24, 2.45) is 11.3 Å². The van der Waals surface area contributed by atoms with Gasteiger partial charge in [-0.2, -0.15) is 5.06 Å². The van der Waals surface area contributed by atoms with E-state index < -0.39 is 23.0 Å². The minimum Gasteiger partial charge on any atom is -0.465 e. The van der Waals surface area contributed by atoms with Gasteiger partial charge in [0.2, 0.25) is 0 Å². The number of hydrogen-bond acceptors (Lipinski definition) is 6. The fourth-order valence-electron chi connectivity index (χ4n) is 5.24. The molecule has 0 radical (unpaired) electrons. The van der Waals surface area contributed by atoms with Crippen LogP contribution in [0.2, 0.25) is 0 Å². The summed E-state index contributed by atoms with van der Waals surface area (Å²) < 4.78 is 10.6. The Morgan fingerprint density at radius 3 is 1.94 bits per heavy atom. The summed E-state index contributed by atoms with van der Waals surface area (Å²) in [6, 6.07) is 0. The Morgan fingerprint density at radius 1 is 0.935 bits per heavy atom. The van der Waals surface area contributed by atoms with Crippen LogP contribution in [-0.2, 0) is 23.9 Å². The third kappa shape index (κ3) is 5.51. The van der Waals surface area contributed by atoms with E-state index >= 15 is 0 Å². The van der Waals surface area contributed by atoms with Crippen LogP contribution in [0.1, 0.15) is 93.9 Å². The first-order chi connectivity index (χ1) is 14.3. The number of piperidine rings is 1. The van der Waals surface area contributed by atoms with E-state index in [9.17, 15) is 9.59 Å². The molecule has 2 fully saturated rings. The lowest BCUT2D eigenvalue weighted by Gasteiger charge is -2.53. The van der Waals surface area contributed by atoms with Crippen LogP contribution in [0.25, 0.3) is 0 Å². The third-order valence-electron chi connectivity index (χ3n) is 6.73. The highest BCUT2D eigenvalue weighted by molar-refractivity contribution is 6.01. The molecule has 1 heterocycles. The molecule has 6 nitrogen and oxygen atoms in total. The summed E-state index contributed by atoms with van der Waals surface area (Å²) in [6.07, 6.45) is 9.28. The average Bonchev–Trinajstić information content (AvgIpc) is 3.09. The molecule has 0 amide bonds. The second-order valence-electron chi connectivity index (χ2n) is 10.7. The Balaban J connectivity index is 2.27. The van der Waals surface area contributed by atoms with Gasteiger partial charge in [0, 0.05) is 17.0 Å². The van der Waals surface area contributed by atoms with Gasteiger partial charge in [0.05, 0.1) is 13.2 Å². The molecule has 2 rings (SSSR count). The Hall–Kier alpha value is -1.40. The largest absolute Gasteiger partial charge is 0.465 e. The molecule has 31 heavy (non-hydrogen) atoms. The van der Waals surface area contributed by atoms with Gasteiger partial charge in [-0.1, -0.05) is 18.6 Å². The third-order valence-corrected chi connectivity index (χ3v) is 6.73. The van der Waals surface area contributed by atoms with Gasteiger partial charge in [-0.05, 0) is 87.5 Å². The lowest BCUT2D eigenvalue weighted by Crippen LogP contribution is -2.60. The van der Waals surface area contributed by atoms with Gasteiger partial charge in [0.15, 0.2) is 5.41 Å². The van der Waals surface area contributed by atoms with Crippen molar-refractivity contribution in [2.75, 3.05) is 13.2 Å². The molecule has 0 aromatic rings. The Kier molecular flexibility index (Phi) is 8.02. The molecule has 0 unspecified atom stereocenters. The van der Waals surface area contributed by atoms with Crippen molar-refractivity contribution in [2.45, 2.75) is 111 Å². The molecular formula is C25H43NO5. The lowest BCUT2D eigenvalue weighted by molar-refractivity contribution is -0.317. The first kappa shape index (κ1) is 25.9. The van der Waals surface area contributed by atoms with Gasteiger partial charge in [0.25, 0.3) is 0 Å². The fraction of sp³-hybridized carbons (Fsp3) is 0.840. The Morgan fingerprint density at radius 2 is 1.45 bits per heavy atom. The summed E-state index contributed by atoms with van der Waals surface area (Å²) in [7, 11) is 0. The molecular weight excluding hydrogens is 394 g/mol. The molecule has 1 aliphatic heterocycles. The predicted octanol–water partition coefficient (Wildman–Crippen LogP) is 5.21. The maximum Gasteiger partial charge on any atom is 0.324 e. The zero-order valence-corrected chi connectivity index (χ0v) is 20.9. The van der Waals surface area contributed by atoms with E-state index in [2.05, 4.69) is 32.8 Å². The Bertz CT molecular complexity index is 645. The number of allylic oxidation sites excluding steroid dienone is 1. The van der Waals surface area contributed by atoms with Gasteiger partial charge in [-0.25, -0.2) is 0 Å². The van der Waals surface area contributed by atoms with Crippen LogP contribution >= 0.6 is 0 Å². The predicted molar refractivity (Wildman–Crippen MR) is 121 cm³/mol. The number of rotatable bonds is 8. The van der Waals surface area contributed by atoms with Crippen molar-refractivity contribution in [1.29, 1.82) is 0 Å². The highest BCUT2D eigenvalue weighted by Gasteiger charge is 2.56. The van der Waals surface area contributed by atoms with Crippen LogP contribution < -0.4 is 0 Å². The summed E-state index contributed by atoms with van der Waals surface area (Å²) >= 11 is 0. The number of carbonyl (C=O) groups excluding carboxylic acids is 2. The zero-order valence-electron chi connectivity index (χ0n) is 20.9. The molecule has 0 aromatic heterocycles. The SMILES string of the molecule is CCOC(=O)C1(C(=O)OCC)CCC[C@@H]1/C=C/C(C)(C)ON1C(C)(C)CCCC1(C)C. The van der Waals surface area contributed by atoms with Gasteiger partial charge in [-0.15, -0.1) is 0 Å². The van der Waals surface area contributed by atoms with Gasteiger partial charge in [0.1, 0.15) is 5.60 Å². The van der Waals surface area contributed by atoms with Crippen LogP contribution in [-0.4, -0.2) is 46.9 Å². The van der Waals surface area contributed by atoms with Crippen LogP contribution in [0.5, 0.6) is 0 Å². The topological polar surface area (TPSA) is 65.1 Å². The van der Waals surface area contributed by atoms with Crippen LogP contribution in [0, 0.1) is 11.3 Å². The van der Waals surface area contributed by atoms with Crippen LogP contribution in [0.3, 0.4) is 0 Å². The van der Waals surface area contributed by atoms with E-state index in [0.717, 1.165) is 25.7 Å². The van der Waals surface area contributed by atoms with Crippen LogP contribution in [0.15, 0.2) is 12.2 Å². The first-order valence-corrected chi connectivity index (χ1v) is 11.9. The molecule has 0 bridgehead atoms. The molecule has 6 heteroatoms. The van der Waals surface area contributed by atoms with Crippen molar-refractivity contribution in [3.63, 3.8) is 0 Å². The number of esters is 2. The second kappa shape index (κ2) is 9.62. The average molecular weight is 438 g/mol. The van der Waals surface area contributed by atoms with E-state index in [0.29, 0.717) is 6.42 Å². The highest BCUT2D eigenvalue weighted by Crippen LogP contribution is 2.47. The first-order valence-electron chi connectivity index (χ1n) is 11.9. The van der Waals surface area contributed by atoms with Gasteiger partial charge >= 0.3 is 11.9 Å². The van der Waals surface area contributed by atoms with E-state index in [1.165, 1.54) is 6.42 Å².